The van der Waals surface area contributed by atoms with Gasteiger partial charge in [-0.3, -0.25) is 0 Å². The van der Waals surface area contributed by atoms with Crippen LogP contribution in [-0.4, -0.2) is 9.55 Å². The van der Waals surface area contributed by atoms with Crippen molar-refractivity contribution in [3.05, 3.63) is 41.7 Å². The number of hydrogen-bond donors (Lipinski definition) is 0. The van der Waals surface area contributed by atoms with Gasteiger partial charge in [-0.15, -0.1) is 0 Å². The maximum atomic E-state index is 12.4. The van der Waals surface area contributed by atoms with Crippen LogP contribution >= 0.6 is 0 Å². The molecule has 0 aliphatic rings. The zero-order valence-corrected chi connectivity index (χ0v) is 9.42. The highest BCUT2D eigenvalue weighted by atomic mass is 19.4. The Morgan fingerprint density at radius 1 is 1.12 bits per heavy atom. The van der Waals surface area contributed by atoms with Crippen molar-refractivity contribution in [3.63, 3.8) is 0 Å². The van der Waals surface area contributed by atoms with Crippen LogP contribution < -0.4 is 0 Å². The van der Waals surface area contributed by atoms with E-state index < -0.39 is 11.7 Å². The highest BCUT2D eigenvalue weighted by molar-refractivity contribution is 5.56. The van der Waals surface area contributed by atoms with Gasteiger partial charge in [0.05, 0.1) is 11.3 Å². The average molecular weight is 240 g/mol. The van der Waals surface area contributed by atoms with E-state index in [1.54, 1.807) is 4.57 Å². The quantitative estimate of drug-likeness (QED) is 0.746. The lowest BCUT2D eigenvalue weighted by atomic mass is 10.1. The number of nitrogens with zero attached hydrogens (tertiary/aromatic N) is 2. The first-order valence-electron chi connectivity index (χ1n) is 5.05. The van der Waals surface area contributed by atoms with Crippen LogP contribution in [0, 0.1) is 6.92 Å². The van der Waals surface area contributed by atoms with Gasteiger partial charge in [-0.1, -0.05) is 12.1 Å². The van der Waals surface area contributed by atoms with E-state index in [9.17, 15) is 13.2 Å². The number of hydrogen-bond acceptors (Lipinski definition) is 1. The second-order valence-electron chi connectivity index (χ2n) is 3.89. The topological polar surface area (TPSA) is 17.8 Å². The maximum Gasteiger partial charge on any atom is 0.416 e. The Bertz CT molecular complexity index is 524. The van der Waals surface area contributed by atoms with Gasteiger partial charge in [0.2, 0.25) is 0 Å². The van der Waals surface area contributed by atoms with E-state index in [0.717, 1.165) is 17.8 Å². The predicted molar refractivity (Wildman–Crippen MR) is 58.4 cm³/mol. The molecule has 2 rings (SSSR count). The van der Waals surface area contributed by atoms with Crippen LogP contribution in [0.4, 0.5) is 13.2 Å². The van der Waals surface area contributed by atoms with Gasteiger partial charge in [0.25, 0.3) is 0 Å². The van der Waals surface area contributed by atoms with Crippen LogP contribution in [0.3, 0.4) is 0 Å². The summed E-state index contributed by atoms with van der Waals surface area (Å²) in [6, 6.07) is 5.01. The Morgan fingerprint density at radius 3 is 2.12 bits per heavy atom. The number of benzene rings is 1. The number of aryl methyl sites for hydroxylation is 2. The Morgan fingerprint density at radius 2 is 1.71 bits per heavy atom. The fraction of sp³-hybridized carbons (Fsp3) is 0.250. The zero-order valence-electron chi connectivity index (χ0n) is 9.42. The van der Waals surface area contributed by atoms with Crippen molar-refractivity contribution in [3.8, 4) is 11.4 Å². The van der Waals surface area contributed by atoms with Gasteiger partial charge in [0.15, 0.2) is 0 Å². The van der Waals surface area contributed by atoms with Gasteiger partial charge in [0, 0.05) is 18.8 Å². The number of imidazole rings is 1. The van der Waals surface area contributed by atoms with E-state index in [-0.39, 0.29) is 0 Å². The second kappa shape index (κ2) is 3.91. The summed E-state index contributed by atoms with van der Waals surface area (Å²) in [6.07, 6.45) is -2.47. The molecule has 1 aromatic heterocycles. The minimum atomic E-state index is -4.30. The molecule has 0 aliphatic heterocycles. The van der Waals surface area contributed by atoms with Gasteiger partial charge in [-0.2, -0.15) is 13.2 Å². The van der Waals surface area contributed by atoms with Crippen LogP contribution in [0.25, 0.3) is 11.4 Å². The number of alkyl halides is 3. The first-order valence-corrected chi connectivity index (χ1v) is 5.05. The fourth-order valence-electron chi connectivity index (χ4n) is 1.69. The number of rotatable bonds is 1. The molecule has 0 saturated heterocycles. The van der Waals surface area contributed by atoms with Gasteiger partial charge >= 0.3 is 6.18 Å². The molecule has 1 aromatic carbocycles. The van der Waals surface area contributed by atoms with Crippen molar-refractivity contribution in [2.45, 2.75) is 13.1 Å². The van der Waals surface area contributed by atoms with E-state index in [1.165, 1.54) is 12.1 Å². The smallest absolute Gasteiger partial charge is 0.334 e. The van der Waals surface area contributed by atoms with Crippen molar-refractivity contribution >= 4 is 0 Å². The first-order chi connectivity index (χ1) is 7.88. The molecule has 90 valence electrons. The summed E-state index contributed by atoms with van der Waals surface area (Å²) in [6.45, 7) is 1.84. The molecule has 5 heteroatoms. The molecular formula is C12H11F3N2. The largest absolute Gasteiger partial charge is 0.416 e. The third kappa shape index (κ3) is 2.33. The lowest BCUT2D eigenvalue weighted by Crippen LogP contribution is -2.04. The summed E-state index contributed by atoms with van der Waals surface area (Å²) >= 11 is 0. The third-order valence-electron chi connectivity index (χ3n) is 2.47. The average Bonchev–Trinajstić information content (AvgIpc) is 2.57. The maximum absolute atomic E-state index is 12.4. The van der Waals surface area contributed by atoms with Crippen molar-refractivity contribution in [2.24, 2.45) is 7.05 Å². The molecule has 0 bridgehead atoms. The second-order valence-corrected chi connectivity index (χ2v) is 3.89. The lowest BCUT2D eigenvalue weighted by Gasteiger charge is -2.07. The molecule has 0 spiro atoms. The molecule has 0 fully saturated rings. The Hall–Kier alpha value is -1.78. The molecule has 0 unspecified atom stereocenters. The summed E-state index contributed by atoms with van der Waals surface area (Å²) < 4.78 is 38.9. The van der Waals surface area contributed by atoms with Crippen LogP contribution in [0.5, 0.6) is 0 Å². The molecule has 0 aliphatic carbocycles. The summed E-state index contributed by atoms with van der Waals surface area (Å²) in [7, 11) is 1.81. The van der Waals surface area contributed by atoms with E-state index >= 15 is 0 Å². The molecule has 0 atom stereocenters. The Kier molecular flexibility index (Phi) is 2.69. The van der Waals surface area contributed by atoms with Crippen LogP contribution in [0.2, 0.25) is 0 Å². The summed E-state index contributed by atoms with van der Waals surface area (Å²) in [5.74, 6) is 0.663. The lowest BCUT2D eigenvalue weighted by molar-refractivity contribution is -0.137. The molecule has 17 heavy (non-hydrogen) atoms. The van der Waals surface area contributed by atoms with Crippen molar-refractivity contribution in [1.82, 2.24) is 9.55 Å². The fourth-order valence-corrected chi connectivity index (χ4v) is 1.69. The highest BCUT2D eigenvalue weighted by Crippen LogP contribution is 2.30. The number of aromatic nitrogens is 2. The van der Waals surface area contributed by atoms with E-state index in [0.29, 0.717) is 11.4 Å². The van der Waals surface area contributed by atoms with Crippen LogP contribution in [0.1, 0.15) is 11.3 Å². The molecule has 1 heterocycles. The van der Waals surface area contributed by atoms with Crippen LogP contribution in [0.15, 0.2) is 30.5 Å². The molecule has 0 radical (unpaired) electrons. The summed E-state index contributed by atoms with van der Waals surface area (Å²) in [5.41, 5.74) is 0.864. The highest BCUT2D eigenvalue weighted by Gasteiger charge is 2.30. The van der Waals surface area contributed by atoms with Crippen molar-refractivity contribution in [1.29, 1.82) is 0 Å². The minimum Gasteiger partial charge on any atom is -0.334 e. The van der Waals surface area contributed by atoms with Crippen LogP contribution in [-0.2, 0) is 13.2 Å². The molecule has 0 saturated carbocycles. The molecule has 2 aromatic rings. The monoisotopic (exact) mass is 240 g/mol. The van der Waals surface area contributed by atoms with Gasteiger partial charge in [-0.05, 0) is 19.1 Å². The predicted octanol–water partition coefficient (Wildman–Crippen LogP) is 3.41. The van der Waals surface area contributed by atoms with Gasteiger partial charge in [-0.25, -0.2) is 4.98 Å². The number of halogens is 3. The van der Waals surface area contributed by atoms with Gasteiger partial charge < -0.3 is 4.57 Å². The first kappa shape index (κ1) is 11.7. The SMILES string of the molecule is Cc1cn(C)c(-c2ccc(C(F)(F)F)cc2)n1. The van der Waals surface area contributed by atoms with Gasteiger partial charge in [0.1, 0.15) is 5.82 Å². The molecule has 2 nitrogen and oxygen atoms in total. The van der Waals surface area contributed by atoms with Crippen molar-refractivity contribution < 1.29 is 13.2 Å². The standard InChI is InChI=1S/C12H11F3N2/c1-8-7-17(2)11(16-8)9-3-5-10(6-4-9)12(13,14)15/h3-7H,1-2H3. The van der Waals surface area contributed by atoms with E-state index in [1.807, 2.05) is 20.2 Å². The summed E-state index contributed by atoms with van der Waals surface area (Å²) in [5, 5.41) is 0. The van der Waals surface area contributed by atoms with E-state index in [4.69, 9.17) is 0 Å². The molecule has 0 amide bonds. The Labute approximate surface area is 96.7 Å². The van der Waals surface area contributed by atoms with Crippen molar-refractivity contribution in [2.75, 3.05) is 0 Å². The third-order valence-corrected chi connectivity index (χ3v) is 2.47. The zero-order chi connectivity index (χ0) is 12.6. The molecular weight excluding hydrogens is 229 g/mol. The summed E-state index contributed by atoms with van der Waals surface area (Å²) in [4.78, 5) is 4.25. The normalized spacial score (nSPS) is 11.8. The van der Waals surface area contributed by atoms with E-state index in [2.05, 4.69) is 4.98 Å². The molecule has 0 N–H and O–H groups in total. The minimum absolute atomic E-state index is 0.646. The Balaban J connectivity index is 2.39.